The van der Waals surface area contributed by atoms with Gasteiger partial charge < -0.3 is 9.47 Å². The third-order valence-corrected chi connectivity index (χ3v) is 1.76. The maximum Gasteiger partial charge on any atom is 0.0500 e. The van der Waals surface area contributed by atoms with Crippen molar-refractivity contribution >= 4 is 0 Å². The lowest BCUT2D eigenvalue weighted by Gasteiger charge is -2.03. The number of ether oxygens (including phenoxy) is 2. The maximum absolute atomic E-state index is 5.36. The van der Waals surface area contributed by atoms with Crippen molar-refractivity contribution < 1.29 is 9.47 Å². The number of hydrogen-bond acceptors (Lipinski definition) is 2. The summed E-state index contributed by atoms with van der Waals surface area (Å²) in [6.07, 6.45) is 7.78. The van der Waals surface area contributed by atoms with Gasteiger partial charge in [-0.1, -0.05) is 12.2 Å². The fourth-order valence-electron chi connectivity index (χ4n) is 0.946. The lowest BCUT2D eigenvalue weighted by Crippen LogP contribution is -2.00. The lowest BCUT2D eigenvalue weighted by molar-refractivity contribution is 0.107. The van der Waals surface area contributed by atoms with E-state index < -0.39 is 0 Å². The standard InChI is InChI=1S/C12H22O2/c1-3-5-9-13-11-7-8-12-14-10-6-4-2/h3-4H,1-2,5-12H2. The SMILES string of the molecule is C=CCCOCCCCOCCC=C. The summed E-state index contributed by atoms with van der Waals surface area (Å²) < 4.78 is 10.7. The van der Waals surface area contributed by atoms with Crippen LogP contribution in [0.15, 0.2) is 25.3 Å². The van der Waals surface area contributed by atoms with Gasteiger partial charge in [0.05, 0.1) is 0 Å². The van der Waals surface area contributed by atoms with Crippen LogP contribution in [0.4, 0.5) is 0 Å². The number of hydrogen-bond donors (Lipinski definition) is 0. The Kier molecular flexibility index (Phi) is 11.9. The van der Waals surface area contributed by atoms with Crippen LogP contribution in [-0.2, 0) is 9.47 Å². The second-order valence-corrected chi connectivity index (χ2v) is 3.09. The fourth-order valence-corrected chi connectivity index (χ4v) is 0.946. The molecule has 0 atom stereocenters. The van der Waals surface area contributed by atoms with Crippen molar-refractivity contribution in [3.05, 3.63) is 25.3 Å². The Morgan fingerprint density at radius 1 is 0.714 bits per heavy atom. The third-order valence-electron chi connectivity index (χ3n) is 1.76. The molecule has 0 aliphatic rings. The fraction of sp³-hybridized carbons (Fsp3) is 0.667. The largest absolute Gasteiger partial charge is 0.381 e. The minimum Gasteiger partial charge on any atom is -0.381 e. The predicted octanol–water partition coefficient (Wildman–Crippen LogP) is 2.95. The number of rotatable bonds is 11. The van der Waals surface area contributed by atoms with Crippen molar-refractivity contribution in [2.24, 2.45) is 0 Å². The molecule has 0 bridgehead atoms. The first-order chi connectivity index (χ1) is 6.91. The summed E-state index contributed by atoms with van der Waals surface area (Å²) in [5.41, 5.74) is 0. The van der Waals surface area contributed by atoms with E-state index in [4.69, 9.17) is 9.47 Å². The van der Waals surface area contributed by atoms with Gasteiger partial charge in [0.2, 0.25) is 0 Å². The first-order valence-corrected chi connectivity index (χ1v) is 5.29. The second-order valence-electron chi connectivity index (χ2n) is 3.09. The molecule has 0 spiro atoms. The minimum absolute atomic E-state index is 0.792. The first kappa shape index (κ1) is 13.4. The van der Waals surface area contributed by atoms with E-state index in [2.05, 4.69) is 13.2 Å². The maximum atomic E-state index is 5.36. The molecule has 82 valence electrons. The molecule has 0 aromatic heterocycles. The summed E-state index contributed by atoms with van der Waals surface area (Å²) in [6, 6.07) is 0. The van der Waals surface area contributed by atoms with E-state index in [9.17, 15) is 0 Å². The van der Waals surface area contributed by atoms with Crippen LogP contribution in [0.3, 0.4) is 0 Å². The van der Waals surface area contributed by atoms with E-state index in [0.717, 1.165) is 52.1 Å². The monoisotopic (exact) mass is 198 g/mol. The topological polar surface area (TPSA) is 18.5 Å². The average Bonchev–Trinajstić information content (AvgIpc) is 2.21. The van der Waals surface area contributed by atoms with Gasteiger partial charge in [0.1, 0.15) is 0 Å². The third kappa shape index (κ3) is 11.4. The predicted molar refractivity (Wildman–Crippen MR) is 60.5 cm³/mol. The summed E-state index contributed by atoms with van der Waals surface area (Å²) >= 11 is 0. The summed E-state index contributed by atoms with van der Waals surface area (Å²) in [5, 5.41) is 0. The Balaban J connectivity index is 2.84. The molecule has 0 saturated carbocycles. The molecule has 0 saturated heterocycles. The van der Waals surface area contributed by atoms with Gasteiger partial charge in [-0.25, -0.2) is 0 Å². The molecule has 0 radical (unpaired) electrons. The minimum atomic E-state index is 0.792. The van der Waals surface area contributed by atoms with Crippen LogP contribution in [-0.4, -0.2) is 26.4 Å². The van der Waals surface area contributed by atoms with E-state index >= 15 is 0 Å². The molecule has 0 aromatic carbocycles. The highest BCUT2D eigenvalue weighted by Crippen LogP contribution is 1.93. The zero-order valence-corrected chi connectivity index (χ0v) is 9.04. The quantitative estimate of drug-likeness (QED) is 0.375. The molecule has 0 rings (SSSR count). The van der Waals surface area contributed by atoms with E-state index in [1.54, 1.807) is 0 Å². The van der Waals surface area contributed by atoms with Gasteiger partial charge in [-0.05, 0) is 25.7 Å². The summed E-state index contributed by atoms with van der Waals surface area (Å²) in [5.74, 6) is 0. The molecule has 14 heavy (non-hydrogen) atoms. The van der Waals surface area contributed by atoms with Crippen molar-refractivity contribution in [1.82, 2.24) is 0 Å². The average molecular weight is 198 g/mol. The van der Waals surface area contributed by atoms with Crippen LogP contribution in [0.2, 0.25) is 0 Å². The van der Waals surface area contributed by atoms with E-state index in [1.807, 2.05) is 12.2 Å². The smallest absolute Gasteiger partial charge is 0.0500 e. The van der Waals surface area contributed by atoms with Crippen LogP contribution >= 0.6 is 0 Å². The summed E-state index contributed by atoms with van der Waals surface area (Å²) in [7, 11) is 0. The molecule has 0 aliphatic carbocycles. The van der Waals surface area contributed by atoms with Crippen LogP contribution in [0, 0.1) is 0 Å². The highest BCUT2D eigenvalue weighted by atomic mass is 16.5. The Morgan fingerprint density at radius 2 is 1.14 bits per heavy atom. The van der Waals surface area contributed by atoms with Crippen molar-refractivity contribution in [2.75, 3.05) is 26.4 Å². The van der Waals surface area contributed by atoms with Crippen molar-refractivity contribution in [2.45, 2.75) is 25.7 Å². The summed E-state index contributed by atoms with van der Waals surface area (Å²) in [6.45, 7) is 10.5. The van der Waals surface area contributed by atoms with Crippen LogP contribution in [0.25, 0.3) is 0 Å². The normalized spacial score (nSPS) is 10.0. The van der Waals surface area contributed by atoms with Gasteiger partial charge >= 0.3 is 0 Å². The summed E-state index contributed by atoms with van der Waals surface area (Å²) in [4.78, 5) is 0. The molecular weight excluding hydrogens is 176 g/mol. The van der Waals surface area contributed by atoms with Crippen LogP contribution in [0.5, 0.6) is 0 Å². The molecule has 0 unspecified atom stereocenters. The highest BCUT2D eigenvalue weighted by molar-refractivity contribution is 4.65. The molecule has 0 amide bonds. The first-order valence-electron chi connectivity index (χ1n) is 5.29. The van der Waals surface area contributed by atoms with Gasteiger partial charge in [0.25, 0.3) is 0 Å². The van der Waals surface area contributed by atoms with Crippen molar-refractivity contribution in [3.63, 3.8) is 0 Å². The van der Waals surface area contributed by atoms with E-state index in [-0.39, 0.29) is 0 Å². The van der Waals surface area contributed by atoms with Crippen LogP contribution < -0.4 is 0 Å². The Hall–Kier alpha value is -0.600. The van der Waals surface area contributed by atoms with Crippen LogP contribution in [0.1, 0.15) is 25.7 Å². The van der Waals surface area contributed by atoms with E-state index in [0.29, 0.717) is 0 Å². The van der Waals surface area contributed by atoms with Gasteiger partial charge in [-0.2, -0.15) is 0 Å². The molecule has 0 fully saturated rings. The second kappa shape index (κ2) is 12.4. The lowest BCUT2D eigenvalue weighted by atomic mass is 10.3. The number of unbranched alkanes of at least 4 members (excludes halogenated alkanes) is 1. The van der Waals surface area contributed by atoms with E-state index in [1.165, 1.54) is 0 Å². The molecule has 2 nitrogen and oxygen atoms in total. The molecule has 2 heteroatoms. The molecule has 0 aromatic rings. The molecule has 0 aliphatic heterocycles. The van der Waals surface area contributed by atoms with Gasteiger partial charge in [0.15, 0.2) is 0 Å². The van der Waals surface area contributed by atoms with Gasteiger partial charge in [-0.15, -0.1) is 13.2 Å². The van der Waals surface area contributed by atoms with Gasteiger partial charge in [0, 0.05) is 26.4 Å². The van der Waals surface area contributed by atoms with Gasteiger partial charge in [-0.3, -0.25) is 0 Å². The van der Waals surface area contributed by atoms with Crippen molar-refractivity contribution in [1.29, 1.82) is 0 Å². The Bertz CT molecular complexity index is 116. The highest BCUT2D eigenvalue weighted by Gasteiger charge is 1.89. The Labute approximate surface area is 87.6 Å². The Morgan fingerprint density at radius 3 is 1.50 bits per heavy atom. The van der Waals surface area contributed by atoms with Crippen molar-refractivity contribution in [3.8, 4) is 0 Å². The molecular formula is C12H22O2. The zero-order chi connectivity index (χ0) is 10.5. The molecule has 0 heterocycles. The molecule has 0 N–H and O–H groups in total. The zero-order valence-electron chi connectivity index (χ0n) is 9.04.